The molecule has 2 aromatic rings. The highest BCUT2D eigenvalue weighted by Crippen LogP contribution is 2.20. The number of hydrogen-bond acceptors (Lipinski definition) is 2. The summed E-state index contributed by atoms with van der Waals surface area (Å²) in [5.41, 5.74) is 1.48. The number of halogens is 3. The van der Waals surface area contributed by atoms with E-state index in [2.05, 4.69) is 42.5 Å². The number of nitrogens with one attached hydrogen (secondary N) is 2. The number of aryl methyl sites for hydroxylation is 1. The van der Waals surface area contributed by atoms with Gasteiger partial charge in [0.25, 0.3) is 5.91 Å². The van der Waals surface area contributed by atoms with Gasteiger partial charge in [0.15, 0.2) is 0 Å². The lowest BCUT2D eigenvalue weighted by Crippen LogP contribution is -2.33. The number of amides is 2. The Balaban J connectivity index is 1.94. The van der Waals surface area contributed by atoms with Crippen LogP contribution in [-0.4, -0.2) is 18.4 Å². The Morgan fingerprint density at radius 3 is 2.57 bits per heavy atom. The first-order valence-electron chi connectivity index (χ1n) is 6.66. The van der Waals surface area contributed by atoms with E-state index in [4.69, 9.17) is 0 Å². The first kappa shape index (κ1) is 17.6. The number of benzene rings is 2. The standard InChI is InChI=1S/C16H13Br2FN2O2/c1-9-6-11(3-4-13(9)18)21-15(22)8-20-16(23)12-7-10(17)2-5-14(12)19/h2-7H,8H2,1H3,(H,20,23)(H,21,22). The molecule has 0 atom stereocenters. The van der Waals surface area contributed by atoms with Gasteiger partial charge in [-0.25, -0.2) is 4.39 Å². The maximum atomic E-state index is 13.6. The lowest BCUT2D eigenvalue weighted by atomic mass is 10.2. The fraction of sp³-hybridized carbons (Fsp3) is 0.125. The topological polar surface area (TPSA) is 58.2 Å². The van der Waals surface area contributed by atoms with Crippen molar-refractivity contribution in [3.63, 3.8) is 0 Å². The van der Waals surface area contributed by atoms with Gasteiger partial charge < -0.3 is 10.6 Å². The highest BCUT2D eigenvalue weighted by molar-refractivity contribution is 9.10. The van der Waals surface area contributed by atoms with Gasteiger partial charge in [-0.15, -0.1) is 0 Å². The summed E-state index contributed by atoms with van der Waals surface area (Å²) < 4.78 is 15.1. The Hall–Kier alpha value is -1.73. The summed E-state index contributed by atoms with van der Waals surface area (Å²) in [6, 6.07) is 9.40. The highest BCUT2D eigenvalue weighted by atomic mass is 79.9. The monoisotopic (exact) mass is 442 g/mol. The number of carbonyl (C=O) groups is 2. The van der Waals surface area contributed by atoms with E-state index in [9.17, 15) is 14.0 Å². The summed E-state index contributed by atoms with van der Waals surface area (Å²) in [6.07, 6.45) is 0. The zero-order valence-electron chi connectivity index (χ0n) is 12.1. The Kier molecular flexibility index (Phi) is 5.90. The molecule has 23 heavy (non-hydrogen) atoms. The lowest BCUT2D eigenvalue weighted by molar-refractivity contribution is -0.115. The third kappa shape index (κ3) is 4.87. The van der Waals surface area contributed by atoms with Gasteiger partial charge in [-0.2, -0.15) is 0 Å². The zero-order valence-corrected chi connectivity index (χ0v) is 15.3. The molecular formula is C16H13Br2FN2O2. The molecule has 0 fully saturated rings. The summed E-state index contributed by atoms with van der Waals surface area (Å²) in [5, 5.41) is 5.06. The van der Waals surface area contributed by atoms with E-state index in [1.54, 1.807) is 12.1 Å². The molecule has 7 heteroatoms. The van der Waals surface area contributed by atoms with Crippen LogP contribution in [0.15, 0.2) is 45.3 Å². The molecule has 120 valence electrons. The molecule has 0 radical (unpaired) electrons. The largest absolute Gasteiger partial charge is 0.343 e. The van der Waals surface area contributed by atoms with Gasteiger partial charge in [0.05, 0.1) is 12.1 Å². The molecule has 0 saturated carbocycles. The zero-order chi connectivity index (χ0) is 17.0. The molecule has 0 aliphatic carbocycles. The van der Waals surface area contributed by atoms with Crippen molar-refractivity contribution in [2.24, 2.45) is 0 Å². The number of hydrogen-bond donors (Lipinski definition) is 2. The first-order chi connectivity index (χ1) is 10.9. The fourth-order valence-electron chi connectivity index (χ4n) is 1.85. The number of rotatable bonds is 4. The average molecular weight is 444 g/mol. The average Bonchev–Trinajstić information content (AvgIpc) is 2.51. The maximum Gasteiger partial charge on any atom is 0.254 e. The van der Waals surface area contributed by atoms with Gasteiger partial charge in [-0.05, 0) is 48.9 Å². The number of anilines is 1. The summed E-state index contributed by atoms with van der Waals surface area (Å²) >= 11 is 6.55. The van der Waals surface area contributed by atoms with Crippen molar-refractivity contribution in [2.75, 3.05) is 11.9 Å². The van der Waals surface area contributed by atoms with Crippen molar-refractivity contribution in [3.05, 3.63) is 62.3 Å². The Labute approximate surface area is 149 Å². The third-order valence-electron chi connectivity index (χ3n) is 3.02. The van der Waals surface area contributed by atoms with Crippen LogP contribution in [0.5, 0.6) is 0 Å². The van der Waals surface area contributed by atoms with Crippen LogP contribution in [0.2, 0.25) is 0 Å². The van der Waals surface area contributed by atoms with E-state index in [0.717, 1.165) is 10.0 Å². The minimum Gasteiger partial charge on any atom is -0.343 e. The summed E-state index contributed by atoms with van der Waals surface area (Å²) in [7, 11) is 0. The molecule has 2 N–H and O–H groups in total. The van der Waals surface area contributed by atoms with Crippen LogP contribution in [0.4, 0.5) is 10.1 Å². The van der Waals surface area contributed by atoms with Crippen molar-refractivity contribution in [1.82, 2.24) is 5.32 Å². The maximum absolute atomic E-state index is 13.6. The van der Waals surface area contributed by atoms with Crippen LogP contribution in [0, 0.1) is 12.7 Å². The van der Waals surface area contributed by atoms with Crippen LogP contribution < -0.4 is 10.6 Å². The van der Waals surface area contributed by atoms with Crippen LogP contribution in [0.3, 0.4) is 0 Å². The SMILES string of the molecule is Cc1cc(NC(=O)CNC(=O)c2cc(Br)ccc2F)ccc1Br. The van der Waals surface area contributed by atoms with Crippen LogP contribution in [0.1, 0.15) is 15.9 Å². The van der Waals surface area contributed by atoms with E-state index < -0.39 is 17.6 Å². The van der Waals surface area contributed by atoms with Crippen molar-refractivity contribution in [1.29, 1.82) is 0 Å². The molecule has 0 aliphatic rings. The Morgan fingerprint density at radius 2 is 1.87 bits per heavy atom. The van der Waals surface area contributed by atoms with Gasteiger partial charge in [0.2, 0.25) is 5.91 Å². The van der Waals surface area contributed by atoms with Crippen LogP contribution in [0.25, 0.3) is 0 Å². The smallest absolute Gasteiger partial charge is 0.254 e. The molecule has 0 spiro atoms. The quantitative estimate of drug-likeness (QED) is 0.749. The van der Waals surface area contributed by atoms with E-state index >= 15 is 0 Å². The van der Waals surface area contributed by atoms with Crippen molar-refractivity contribution >= 4 is 49.4 Å². The van der Waals surface area contributed by atoms with Crippen molar-refractivity contribution < 1.29 is 14.0 Å². The molecule has 2 amide bonds. The van der Waals surface area contributed by atoms with E-state index in [0.29, 0.717) is 10.2 Å². The molecule has 0 aliphatic heterocycles. The predicted molar refractivity (Wildman–Crippen MR) is 93.9 cm³/mol. The summed E-state index contributed by atoms with van der Waals surface area (Å²) in [4.78, 5) is 23.8. The van der Waals surface area contributed by atoms with Crippen molar-refractivity contribution in [2.45, 2.75) is 6.92 Å². The normalized spacial score (nSPS) is 10.3. The molecule has 2 aromatic carbocycles. The van der Waals surface area contributed by atoms with Crippen LogP contribution in [-0.2, 0) is 4.79 Å². The van der Waals surface area contributed by atoms with Crippen molar-refractivity contribution in [3.8, 4) is 0 Å². The first-order valence-corrected chi connectivity index (χ1v) is 8.24. The summed E-state index contributed by atoms with van der Waals surface area (Å²) in [5.74, 6) is -1.68. The van der Waals surface area contributed by atoms with Gasteiger partial charge in [0, 0.05) is 14.6 Å². The molecule has 2 rings (SSSR count). The second-order valence-electron chi connectivity index (χ2n) is 4.82. The third-order valence-corrected chi connectivity index (χ3v) is 4.41. The predicted octanol–water partition coefficient (Wildman–Crippen LogP) is 4.03. The molecule has 0 aromatic heterocycles. The molecule has 0 bridgehead atoms. The molecule has 0 heterocycles. The van der Waals surface area contributed by atoms with Gasteiger partial charge in [0.1, 0.15) is 5.82 Å². The molecule has 0 saturated heterocycles. The van der Waals surface area contributed by atoms with Gasteiger partial charge >= 0.3 is 0 Å². The van der Waals surface area contributed by atoms with E-state index in [1.807, 2.05) is 13.0 Å². The minimum atomic E-state index is -0.647. The molecule has 4 nitrogen and oxygen atoms in total. The van der Waals surface area contributed by atoms with Gasteiger partial charge in [-0.3, -0.25) is 9.59 Å². The number of carbonyl (C=O) groups excluding carboxylic acids is 2. The van der Waals surface area contributed by atoms with E-state index in [-0.39, 0.29) is 12.1 Å². The molecule has 0 unspecified atom stereocenters. The second kappa shape index (κ2) is 7.70. The highest BCUT2D eigenvalue weighted by Gasteiger charge is 2.13. The lowest BCUT2D eigenvalue weighted by Gasteiger charge is -2.09. The fourth-order valence-corrected chi connectivity index (χ4v) is 2.46. The van der Waals surface area contributed by atoms with E-state index in [1.165, 1.54) is 18.2 Å². The Morgan fingerprint density at radius 1 is 1.13 bits per heavy atom. The second-order valence-corrected chi connectivity index (χ2v) is 6.59. The Bertz CT molecular complexity index is 766. The molecular weight excluding hydrogens is 431 g/mol. The van der Waals surface area contributed by atoms with Crippen LogP contribution >= 0.6 is 31.9 Å². The summed E-state index contributed by atoms with van der Waals surface area (Å²) in [6.45, 7) is 1.65. The van der Waals surface area contributed by atoms with Gasteiger partial charge in [-0.1, -0.05) is 31.9 Å². The minimum absolute atomic E-state index is 0.119.